The molecule has 2 heterocycles. The summed E-state index contributed by atoms with van der Waals surface area (Å²) in [5.41, 5.74) is 1.82. The summed E-state index contributed by atoms with van der Waals surface area (Å²) in [6.07, 6.45) is 1.74. The molecule has 0 saturated carbocycles. The predicted molar refractivity (Wildman–Crippen MR) is 135 cm³/mol. The topological polar surface area (TPSA) is 77.6 Å². The molecule has 2 N–H and O–H groups in total. The third kappa shape index (κ3) is 6.12. The zero-order chi connectivity index (χ0) is 23.9. The molecule has 7 nitrogen and oxygen atoms in total. The summed E-state index contributed by atoms with van der Waals surface area (Å²) in [6, 6.07) is 19.5. The number of halogens is 1. The molecule has 2 aromatic carbocycles. The average Bonchev–Trinajstić information content (AvgIpc) is 2.85. The molecule has 0 aliphatic carbocycles. The first-order valence-electron chi connectivity index (χ1n) is 11.3. The molecule has 1 aromatic heterocycles. The highest BCUT2D eigenvalue weighted by Crippen LogP contribution is 2.22. The Labute approximate surface area is 204 Å². The number of rotatable bonds is 7. The summed E-state index contributed by atoms with van der Waals surface area (Å²) in [6.45, 7) is 3.86. The zero-order valence-electron chi connectivity index (χ0n) is 19.1. The molecule has 0 spiro atoms. The maximum atomic E-state index is 12.9. The number of amides is 2. The third-order valence-electron chi connectivity index (χ3n) is 5.87. The minimum absolute atomic E-state index is 0.0699. The van der Waals surface area contributed by atoms with Crippen LogP contribution in [0.25, 0.3) is 0 Å². The molecule has 1 aliphatic rings. The molecule has 4 rings (SSSR count). The SMILES string of the molecule is CN1CCN(c2ccc(NC(=O)CC(NC(=O)c3ccccc3Cl)c3ccccc3)cn2)CC1. The Bertz CT molecular complexity index is 1120. The Morgan fingerprint density at radius 1 is 0.971 bits per heavy atom. The number of anilines is 2. The quantitative estimate of drug-likeness (QED) is 0.538. The van der Waals surface area contributed by atoms with Crippen molar-refractivity contribution in [1.29, 1.82) is 0 Å². The maximum absolute atomic E-state index is 12.9. The fourth-order valence-electron chi connectivity index (χ4n) is 3.90. The van der Waals surface area contributed by atoms with Crippen LogP contribution in [0.5, 0.6) is 0 Å². The second-order valence-corrected chi connectivity index (χ2v) is 8.77. The van der Waals surface area contributed by atoms with Crippen molar-refractivity contribution in [3.8, 4) is 0 Å². The van der Waals surface area contributed by atoms with Crippen LogP contribution in [-0.2, 0) is 4.79 Å². The summed E-state index contributed by atoms with van der Waals surface area (Å²) in [5, 5.41) is 6.21. The number of hydrogen-bond donors (Lipinski definition) is 2. The molecular formula is C26H28ClN5O2. The van der Waals surface area contributed by atoms with Gasteiger partial charge in [-0.3, -0.25) is 9.59 Å². The molecule has 1 unspecified atom stereocenters. The van der Waals surface area contributed by atoms with Gasteiger partial charge in [-0.1, -0.05) is 54.1 Å². The Balaban J connectivity index is 1.41. The highest BCUT2D eigenvalue weighted by Gasteiger charge is 2.21. The smallest absolute Gasteiger partial charge is 0.253 e. The first-order valence-corrected chi connectivity index (χ1v) is 11.7. The van der Waals surface area contributed by atoms with Crippen molar-refractivity contribution in [2.45, 2.75) is 12.5 Å². The van der Waals surface area contributed by atoms with E-state index < -0.39 is 6.04 Å². The van der Waals surface area contributed by atoms with Crippen molar-refractivity contribution < 1.29 is 9.59 Å². The van der Waals surface area contributed by atoms with E-state index in [0.717, 1.165) is 37.6 Å². The van der Waals surface area contributed by atoms with Crippen LogP contribution in [0.2, 0.25) is 5.02 Å². The monoisotopic (exact) mass is 477 g/mol. The van der Waals surface area contributed by atoms with Gasteiger partial charge >= 0.3 is 0 Å². The van der Waals surface area contributed by atoms with E-state index in [4.69, 9.17) is 11.6 Å². The molecular weight excluding hydrogens is 450 g/mol. The number of piperazine rings is 1. The van der Waals surface area contributed by atoms with Gasteiger partial charge in [0.25, 0.3) is 5.91 Å². The van der Waals surface area contributed by atoms with E-state index in [2.05, 4.69) is 32.5 Å². The Kier molecular flexibility index (Phi) is 7.77. The van der Waals surface area contributed by atoms with Crippen molar-refractivity contribution in [2.24, 2.45) is 0 Å². The van der Waals surface area contributed by atoms with Crippen molar-refractivity contribution in [2.75, 3.05) is 43.4 Å². The van der Waals surface area contributed by atoms with Gasteiger partial charge in [-0.2, -0.15) is 0 Å². The number of aromatic nitrogens is 1. The summed E-state index contributed by atoms with van der Waals surface area (Å²) in [5.74, 6) is 0.355. The molecule has 0 bridgehead atoms. The third-order valence-corrected chi connectivity index (χ3v) is 6.20. The van der Waals surface area contributed by atoms with Crippen LogP contribution in [0, 0.1) is 0 Å². The fourth-order valence-corrected chi connectivity index (χ4v) is 4.12. The highest BCUT2D eigenvalue weighted by atomic mass is 35.5. The number of carbonyl (C=O) groups excluding carboxylic acids is 2. The van der Waals surface area contributed by atoms with Crippen LogP contribution in [0.15, 0.2) is 72.9 Å². The standard InChI is InChI=1S/C26H28ClN5O2/c1-31-13-15-32(16-14-31)24-12-11-20(18-28-24)29-25(33)17-23(19-7-3-2-4-8-19)30-26(34)21-9-5-6-10-22(21)27/h2-12,18,23H,13-17H2,1H3,(H,29,33)(H,30,34). The Morgan fingerprint density at radius 3 is 2.35 bits per heavy atom. The van der Waals surface area contributed by atoms with Crippen molar-refractivity contribution in [3.63, 3.8) is 0 Å². The van der Waals surface area contributed by atoms with Crippen LogP contribution in [0.1, 0.15) is 28.4 Å². The van der Waals surface area contributed by atoms with Gasteiger partial charge in [-0.15, -0.1) is 0 Å². The van der Waals surface area contributed by atoms with Crippen LogP contribution in [0.4, 0.5) is 11.5 Å². The van der Waals surface area contributed by atoms with Crippen LogP contribution in [-0.4, -0.2) is 54.9 Å². The molecule has 176 valence electrons. The lowest BCUT2D eigenvalue weighted by Gasteiger charge is -2.33. The van der Waals surface area contributed by atoms with Gasteiger partial charge in [-0.05, 0) is 36.9 Å². The van der Waals surface area contributed by atoms with Gasteiger partial charge in [0.05, 0.1) is 34.9 Å². The van der Waals surface area contributed by atoms with Gasteiger partial charge in [0.1, 0.15) is 5.82 Å². The number of hydrogen-bond acceptors (Lipinski definition) is 5. The van der Waals surface area contributed by atoms with E-state index >= 15 is 0 Å². The van der Waals surface area contributed by atoms with Crippen LogP contribution < -0.4 is 15.5 Å². The van der Waals surface area contributed by atoms with Crippen molar-refractivity contribution in [3.05, 3.63) is 89.1 Å². The number of pyridine rings is 1. The molecule has 1 atom stereocenters. The minimum Gasteiger partial charge on any atom is -0.354 e. The summed E-state index contributed by atoms with van der Waals surface area (Å²) in [4.78, 5) is 34.8. The molecule has 1 fully saturated rings. The van der Waals surface area contributed by atoms with Crippen LogP contribution >= 0.6 is 11.6 Å². The normalized spacial score (nSPS) is 14.9. The van der Waals surface area contributed by atoms with E-state index in [1.165, 1.54) is 0 Å². The molecule has 1 saturated heterocycles. The zero-order valence-corrected chi connectivity index (χ0v) is 19.8. The summed E-state index contributed by atoms with van der Waals surface area (Å²) >= 11 is 6.18. The van der Waals surface area contributed by atoms with E-state index in [1.54, 1.807) is 30.5 Å². The number of likely N-dealkylation sites (N-methyl/N-ethyl adjacent to an activating group) is 1. The number of nitrogens with one attached hydrogen (secondary N) is 2. The van der Waals surface area contributed by atoms with Gasteiger partial charge < -0.3 is 20.4 Å². The number of nitrogens with zero attached hydrogens (tertiary/aromatic N) is 3. The summed E-state index contributed by atoms with van der Waals surface area (Å²) in [7, 11) is 2.11. The number of carbonyl (C=O) groups is 2. The summed E-state index contributed by atoms with van der Waals surface area (Å²) < 4.78 is 0. The lowest BCUT2D eigenvalue weighted by molar-refractivity contribution is -0.116. The Morgan fingerprint density at radius 2 is 1.68 bits per heavy atom. The van der Waals surface area contributed by atoms with E-state index in [9.17, 15) is 9.59 Å². The Hall–Kier alpha value is -3.42. The van der Waals surface area contributed by atoms with Gasteiger partial charge in [0, 0.05) is 26.2 Å². The largest absolute Gasteiger partial charge is 0.354 e. The lowest BCUT2D eigenvalue weighted by atomic mass is 10.0. The van der Waals surface area contributed by atoms with Crippen LogP contribution in [0.3, 0.4) is 0 Å². The van der Waals surface area contributed by atoms with E-state index in [1.807, 2.05) is 42.5 Å². The van der Waals surface area contributed by atoms with E-state index in [-0.39, 0.29) is 18.2 Å². The lowest BCUT2D eigenvalue weighted by Crippen LogP contribution is -2.44. The molecule has 34 heavy (non-hydrogen) atoms. The molecule has 3 aromatic rings. The molecule has 1 aliphatic heterocycles. The first kappa shape index (κ1) is 23.7. The second-order valence-electron chi connectivity index (χ2n) is 8.36. The van der Waals surface area contributed by atoms with Gasteiger partial charge in [-0.25, -0.2) is 4.98 Å². The molecule has 2 amide bonds. The molecule has 0 radical (unpaired) electrons. The molecule has 8 heteroatoms. The minimum atomic E-state index is -0.512. The van der Waals surface area contributed by atoms with Crippen molar-refractivity contribution in [1.82, 2.24) is 15.2 Å². The average molecular weight is 478 g/mol. The second kappa shape index (κ2) is 11.1. The first-order chi connectivity index (χ1) is 16.5. The maximum Gasteiger partial charge on any atom is 0.253 e. The fraction of sp³-hybridized carbons (Fsp3) is 0.269. The van der Waals surface area contributed by atoms with E-state index in [0.29, 0.717) is 16.3 Å². The van der Waals surface area contributed by atoms with Gasteiger partial charge in [0.2, 0.25) is 5.91 Å². The predicted octanol–water partition coefficient (Wildman–Crippen LogP) is 3.99. The number of benzene rings is 2. The highest BCUT2D eigenvalue weighted by molar-refractivity contribution is 6.33. The van der Waals surface area contributed by atoms with Crippen molar-refractivity contribution >= 4 is 34.9 Å². The van der Waals surface area contributed by atoms with Gasteiger partial charge in [0.15, 0.2) is 0 Å².